The predicted octanol–water partition coefficient (Wildman–Crippen LogP) is 3.73. The Bertz CT molecular complexity index is 558. The zero-order valence-corrected chi connectivity index (χ0v) is 12.4. The molecule has 2 aromatic rings. The predicted molar refractivity (Wildman–Crippen MR) is 80.3 cm³/mol. The first-order valence-electron chi connectivity index (χ1n) is 6.64. The molecule has 2 rings (SSSR count). The van der Waals surface area contributed by atoms with E-state index in [1.165, 1.54) is 0 Å². The maximum absolute atomic E-state index is 6.19. The van der Waals surface area contributed by atoms with Gasteiger partial charge in [-0.15, -0.1) is 0 Å². The Hall–Kier alpha value is -1.65. The van der Waals surface area contributed by atoms with Gasteiger partial charge in [-0.05, 0) is 43.7 Å². The molecular formula is C15H18ClN3O. The number of aryl methyl sites for hydroxylation is 1. The topological polar surface area (TPSA) is 47.0 Å². The van der Waals surface area contributed by atoms with Gasteiger partial charge >= 0.3 is 0 Å². The lowest BCUT2D eigenvalue weighted by atomic mass is 10.3. The molecular weight excluding hydrogens is 274 g/mol. The number of aromatic nitrogens is 2. The van der Waals surface area contributed by atoms with Gasteiger partial charge in [0.05, 0.1) is 6.20 Å². The number of hydrogen-bond acceptors (Lipinski definition) is 4. The Morgan fingerprint density at radius 1 is 1.25 bits per heavy atom. The number of nitrogens with zero attached hydrogens (tertiary/aromatic N) is 2. The fraction of sp³-hybridized carbons (Fsp3) is 0.333. The smallest absolute Gasteiger partial charge is 0.238 e. The summed E-state index contributed by atoms with van der Waals surface area (Å²) in [5.74, 6) is 1.03. The van der Waals surface area contributed by atoms with Gasteiger partial charge in [-0.2, -0.15) is 0 Å². The second kappa shape index (κ2) is 7.22. The molecule has 0 bridgehead atoms. The Morgan fingerprint density at radius 3 is 2.75 bits per heavy atom. The maximum Gasteiger partial charge on any atom is 0.238 e. The van der Waals surface area contributed by atoms with Gasteiger partial charge in [0.1, 0.15) is 10.8 Å². The number of ether oxygens (including phenoxy) is 1. The van der Waals surface area contributed by atoms with Crippen molar-refractivity contribution in [3.63, 3.8) is 0 Å². The van der Waals surface area contributed by atoms with Crippen LogP contribution in [0.1, 0.15) is 24.6 Å². The monoisotopic (exact) mass is 291 g/mol. The van der Waals surface area contributed by atoms with Gasteiger partial charge in [0.2, 0.25) is 5.88 Å². The van der Waals surface area contributed by atoms with Crippen molar-refractivity contribution in [2.24, 2.45) is 0 Å². The van der Waals surface area contributed by atoms with E-state index in [-0.39, 0.29) is 0 Å². The zero-order valence-electron chi connectivity index (χ0n) is 11.7. The minimum Gasteiger partial charge on any atom is -0.436 e. The second-order valence-corrected chi connectivity index (χ2v) is 4.95. The molecule has 106 valence electrons. The lowest BCUT2D eigenvalue weighted by Crippen LogP contribution is -2.13. The molecule has 0 aliphatic heterocycles. The number of pyridine rings is 2. The highest BCUT2D eigenvalue weighted by Crippen LogP contribution is 2.27. The fourth-order valence-corrected chi connectivity index (χ4v) is 1.90. The van der Waals surface area contributed by atoms with Crippen LogP contribution in [0.3, 0.4) is 0 Å². The van der Waals surface area contributed by atoms with Crippen LogP contribution >= 0.6 is 11.6 Å². The van der Waals surface area contributed by atoms with Crippen LogP contribution in [0.25, 0.3) is 0 Å². The first-order chi connectivity index (χ1) is 9.69. The average Bonchev–Trinajstić information content (AvgIpc) is 2.44. The molecule has 0 radical (unpaired) electrons. The van der Waals surface area contributed by atoms with Crippen LogP contribution in [-0.4, -0.2) is 16.5 Å². The summed E-state index contributed by atoms with van der Waals surface area (Å²) in [5.41, 5.74) is 1.98. The Labute approximate surface area is 124 Å². The van der Waals surface area contributed by atoms with Crippen molar-refractivity contribution in [1.82, 2.24) is 15.3 Å². The first kappa shape index (κ1) is 14.8. The van der Waals surface area contributed by atoms with E-state index in [0.717, 1.165) is 30.8 Å². The van der Waals surface area contributed by atoms with Gasteiger partial charge in [-0.25, -0.2) is 4.98 Å². The van der Waals surface area contributed by atoms with Crippen LogP contribution in [0.2, 0.25) is 5.02 Å². The van der Waals surface area contributed by atoms with E-state index >= 15 is 0 Å². The third-order valence-corrected chi connectivity index (χ3v) is 2.99. The van der Waals surface area contributed by atoms with Crippen molar-refractivity contribution in [3.05, 3.63) is 46.9 Å². The SMILES string of the molecule is CCCNCc1cnc(Oc2ccc(C)nc2)c(Cl)c1. The van der Waals surface area contributed by atoms with E-state index in [0.29, 0.717) is 16.7 Å². The molecule has 2 aromatic heterocycles. The van der Waals surface area contributed by atoms with Crippen molar-refractivity contribution in [2.75, 3.05) is 6.54 Å². The number of halogens is 1. The van der Waals surface area contributed by atoms with Crippen LogP contribution in [0, 0.1) is 6.92 Å². The zero-order chi connectivity index (χ0) is 14.4. The molecule has 0 unspecified atom stereocenters. The molecule has 0 fully saturated rings. The van der Waals surface area contributed by atoms with Gasteiger partial charge in [0.15, 0.2) is 0 Å². The van der Waals surface area contributed by atoms with E-state index in [2.05, 4.69) is 22.2 Å². The van der Waals surface area contributed by atoms with E-state index in [9.17, 15) is 0 Å². The summed E-state index contributed by atoms with van der Waals surface area (Å²) >= 11 is 6.19. The first-order valence-corrected chi connectivity index (χ1v) is 7.02. The Kier molecular flexibility index (Phi) is 5.32. The summed E-state index contributed by atoms with van der Waals surface area (Å²) in [7, 11) is 0. The highest BCUT2D eigenvalue weighted by molar-refractivity contribution is 6.31. The molecule has 1 N–H and O–H groups in total. The van der Waals surface area contributed by atoms with E-state index < -0.39 is 0 Å². The number of rotatable bonds is 6. The Balaban J connectivity index is 2.03. The summed E-state index contributed by atoms with van der Waals surface area (Å²) in [5, 5.41) is 3.81. The van der Waals surface area contributed by atoms with Crippen molar-refractivity contribution in [1.29, 1.82) is 0 Å². The number of nitrogens with one attached hydrogen (secondary N) is 1. The van der Waals surface area contributed by atoms with E-state index in [4.69, 9.17) is 16.3 Å². The summed E-state index contributed by atoms with van der Waals surface area (Å²) in [4.78, 5) is 8.42. The highest BCUT2D eigenvalue weighted by atomic mass is 35.5. The lowest BCUT2D eigenvalue weighted by Gasteiger charge is -2.08. The minimum atomic E-state index is 0.400. The molecule has 0 aliphatic rings. The molecule has 5 heteroatoms. The molecule has 0 amide bonds. The normalized spacial score (nSPS) is 10.6. The fourth-order valence-electron chi connectivity index (χ4n) is 1.67. The van der Waals surface area contributed by atoms with Crippen LogP contribution in [0.4, 0.5) is 0 Å². The third kappa shape index (κ3) is 4.18. The molecule has 0 spiro atoms. The van der Waals surface area contributed by atoms with Gasteiger partial charge in [0.25, 0.3) is 0 Å². The quantitative estimate of drug-likeness (QED) is 0.824. The van der Waals surface area contributed by atoms with Crippen LogP contribution < -0.4 is 10.1 Å². The van der Waals surface area contributed by atoms with Gasteiger partial charge in [0, 0.05) is 18.4 Å². The van der Waals surface area contributed by atoms with Gasteiger partial charge < -0.3 is 10.1 Å². The second-order valence-electron chi connectivity index (χ2n) is 4.54. The summed E-state index contributed by atoms with van der Waals surface area (Å²) in [6.45, 7) is 5.79. The molecule has 20 heavy (non-hydrogen) atoms. The van der Waals surface area contributed by atoms with Crippen molar-refractivity contribution in [2.45, 2.75) is 26.8 Å². The summed E-state index contributed by atoms with van der Waals surface area (Å²) in [6, 6.07) is 5.59. The standard InChI is InChI=1S/C15H18ClN3O/c1-3-6-17-8-12-7-14(16)15(19-9-12)20-13-5-4-11(2)18-10-13/h4-5,7,9-10,17H,3,6,8H2,1-2H3. The molecule has 0 aliphatic carbocycles. The third-order valence-electron chi connectivity index (χ3n) is 2.72. The Morgan fingerprint density at radius 2 is 2.10 bits per heavy atom. The van der Waals surface area contributed by atoms with Crippen LogP contribution in [0.5, 0.6) is 11.6 Å². The minimum absolute atomic E-state index is 0.400. The highest BCUT2D eigenvalue weighted by Gasteiger charge is 2.06. The largest absolute Gasteiger partial charge is 0.436 e. The van der Waals surface area contributed by atoms with E-state index in [1.807, 2.05) is 25.1 Å². The molecule has 0 saturated heterocycles. The molecule has 0 aromatic carbocycles. The summed E-state index contributed by atoms with van der Waals surface area (Å²) in [6.07, 6.45) is 4.53. The van der Waals surface area contributed by atoms with Crippen molar-refractivity contribution >= 4 is 11.6 Å². The molecule has 0 saturated carbocycles. The van der Waals surface area contributed by atoms with Crippen molar-refractivity contribution in [3.8, 4) is 11.6 Å². The summed E-state index contributed by atoms with van der Waals surface area (Å²) < 4.78 is 5.62. The van der Waals surface area contributed by atoms with Crippen LogP contribution in [-0.2, 0) is 6.54 Å². The van der Waals surface area contributed by atoms with E-state index in [1.54, 1.807) is 12.4 Å². The van der Waals surface area contributed by atoms with Crippen LogP contribution in [0.15, 0.2) is 30.6 Å². The average molecular weight is 292 g/mol. The molecule has 0 atom stereocenters. The maximum atomic E-state index is 6.19. The van der Waals surface area contributed by atoms with Gasteiger partial charge in [-0.1, -0.05) is 18.5 Å². The van der Waals surface area contributed by atoms with Crippen molar-refractivity contribution < 1.29 is 4.74 Å². The molecule has 4 nitrogen and oxygen atoms in total. The van der Waals surface area contributed by atoms with Gasteiger partial charge in [-0.3, -0.25) is 4.98 Å². The molecule has 2 heterocycles. The lowest BCUT2D eigenvalue weighted by molar-refractivity contribution is 0.460. The number of hydrogen-bond donors (Lipinski definition) is 1.